The highest BCUT2D eigenvalue weighted by Gasteiger charge is 2.30. The summed E-state index contributed by atoms with van der Waals surface area (Å²) in [5.74, 6) is -0.0120. The number of halogens is 1. The molecule has 3 aromatic rings. The summed E-state index contributed by atoms with van der Waals surface area (Å²) in [6.07, 6.45) is 2.54. The van der Waals surface area contributed by atoms with Crippen molar-refractivity contribution in [3.8, 4) is 5.75 Å². The third-order valence-corrected chi connectivity index (χ3v) is 8.49. The van der Waals surface area contributed by atoms with Crippen molar-refractivity contribution in [2.75, 3.05) is 30.8 Å². The van der Waals surface area contributed by atoms with Crippen LogP contribution in [0.4, 0.5) is 5.69 Å². The van der Waals surface area contributed by atoms with Gasteiger partial charge in [-0.3, -0.25) is 13.9 Å². The number of anilines is 1. The van der Waals surface area contributed by atoms with E-state index in [0.29, 0.717) is 24.4 Å². The van der Waals surface area contributed by atoms with Crippen LogP contribution >= 0.6 is 11.6 Å². The molecule has 3 aromatic carbocycles. The second kappa shape index (κ2) is 15.6. The van der Waals surface area contributed by atoms with Crippen LogP contribution in [-0.4, -0.2) is 57.6 Å². The van der Waals surface area contributed by atoms with E-state index >= 15 is 0 Å². The molecule has 226 valence electrons. The van der Waals surface area contributed by atoms with Crippen LogP contribution in [0, 0.1) is 6.92 Å². The summed E-state index contributed by atoms with van der Waals surface area (Å²) in [6, 6.07) is 21.4. The van der Waals surface area contributed by atoms with Gasteiger partial charge in [0.2, 0.25) is 21.8 Å². The number of ether oxygens (including phenoxy) is 1. The number of hydrogen-bond donors (Lipinski definition) is 1. The lowest BCUT2D eigenvalue weighted by molar-refractivity contribution is -0.141. The first-order valence-corrected chi connectivity index (χ1v) is 16.2. The van der Waals surface area contributed by atoms with Gasteiger partial charge in [-0.2, -0.15) is 0 Å². The fourth-order valence-electron chi connectivity index (χ4n) is 4.71. The van der Waals surface area contributed by atoms with Crippen LogP contribution in [0.1, 0.15) is 42.9 Å². The first kappa shape index (κ1) is 32.9. The molecular weight excluding hydrogens is 574 g/mol. The number of nitrogens with zero attached hydrogens (tertiary/aromatic N) is 2. The van der Waals surface area contributed by atoms with Gasteiger partial charge in [-0.1, -0.05) is 73.1 Å². The topological polar surface area (TPSA) is 96.0 Å². The molecule has 2 amide bonds. The first-order valence-electron chi connectivity index (χ1n) is 14.0. The minimum Gasteiger partial charge on any atom is -0.495 e. The van der Waals surface area contributed by atoms with Crippen LogP contribution in [0.15, 0.2) is 72.8 Å². The number of nitrogens with one attached hydrogen (secondary N) is 1. The number of methoxy groups -OCH3 is 1. The molecule has 0 saturated carbocycles. The zero-order valence-electron chi connectivity index (χ0n) is 24.7. The van der Waals surface area contributed by atoms with Crippen molar-refractivity contribution in [3.63, 3.8) is 0 Å². The maximum atomic E-state index is 13.9. The monoisotopic (exact) mass is 613 g/mol. The fraction of sp³-hybridized carbons (Fsp3) is 0.375. The molecule has 0 aliphatic carbocycles. The van der Waals surface area contributed by atoms with Gasteiger partial charge < -0.3 is 15.0 Å². The van der Waals surface area contributed by atoms with E-state index < -0.39 is 16.1 Å². The van der Waals surface area contributed by atoms with Gasteiger partial charge in [0.15, 0.2) is 0 Å². The molecule has 8 nitrogen and oxygen atoms in total. The van der Waals surface area contributed by atoms with Crippen molar-refractivity contribution in [1.29, 1.82) is 0 Å². The van der Waals surface area contributed by atoms with Gasteiger partial charge in [0.05, 0.1) is 24.1 Å². The Morgan fingerprint density at radius 3 is 2.33 bits per heavy atom. The highest BCUT2D eigenvalue weighted by atomic mass is 35.5. The molecule has 0 aromatic heterocycles. The number of amides is 2. The number of sulfonamides is 1. The van der Waals surface area contributed by atoms with Crippen molar-refractivity contribution in [2.45, 2.75) is 52.1 Å². The quantitative estimate of drug-likeness (QED) is 0.249. The standard InChI is InChI=1S/C32H40ClN3O5S/c1-5-19-34-32(38)29(21-25-13-7-6-8-14-25)35(23-26-15-10-9-12-24(26)2)31(37)16-11-20-36(42(4,39)40)27-17-18-30(41-3)28(33)22-27/h6-10,12-15,17-18,22,29H,5,11,16,19-21,23H2,1-4H3,(H,34,38). The van der Waals surface area contributed by atoms with Gasteiger partial charge in [-0.05, 0) is 54.7 Å². The number of rotatable bonds is 15. The normalized spacial score (nSPS) is 11.9. The summed E-state index contributed by atoms with van der Waals surface area (Å²) >= 11 is 6.26. The Labute approximate surface area is 254 Å². The minimum absolute atomic E-state index is 0.0497. The lowest BCUT2D eigenvalue weighted by atomic mass is 10.0. The molecule has 1 unspecified atom stereocenters. The molecule has 0 aliphatic heterocycles. The number of aryl methyl sites for hydroxylation is 1. The Kier molecular flexibility index (Phi) is 12.2. The number of benzene rings is 3. The highest BCUT2D eigenvalue weighted by Crippen LogP contribution is 2.30. The Bertz CT molecular complexity index is 1450. The Morgan fingerprint density at radius 1 is 1.02 bits per heavy atom. The number of hydrogen-bond acceptors (Lipinski definition) is 5. The summed E-state index contributed by atoms with van der Waals surface area (Å²) < 4.78 is 31.8. The van der Waals surface area contributed by atoms with Crippen molar-refractivity contribution >= 4 is 39.1 Å². The molecule has 42 heavy (non-hydrogen) atoms. The van der Waals surface area contributed by atoms with Crippen LogP contribution < -0.4 is 14.4 Å². The summed E-state index contributed by atoms with van der Waals surface area (Å²) in [5.41, 5.74) is 3.28. The smallest absolute Gasteiger partial charge is 0.243 e. The second-order valence-corrected chi connectivity index (χ2v) is 12.5. The van der Waals surface area contributed by atoms with E-state index in [2.05, 4.69) is 5.32 Å². The zero-order valence-corrected chi connectivity index (χ0v) is 26.2. The van der Waals surface area contributed by atoms with Crippen LogP contribution in [-0.2, 0) is 32.6 Å². The van der Waals surface area contributed by atoms with Crippen molar-refractivity contribution < 1.29 is 22.7 Å². The van der Waals surface area contributed by atoms with E-state index in [4.69, 9.17) is 16.3 Å². The predicted molar refractivity (Wildman–Crippen MR) is 168 cm³/mol. The molecule has 3 rings (SSSR count). The molecule has 0 heterocycles. The highest BCUT2D eigenvalue weighted by molar-refractivity contribution is 7.92. The molecule has 0 fully saturated rings. The minimum atomic E-state index is -3.66. The molecule has 0 bridgehead atoms. The average molecular weight is 614 g/mol. The lowest BCUT2D eigenvalue weighted by Crippen LogP contribution is -2.50. The number of carbonyl (C=O) groups is 2. The average Bonchev–Trinajstić information content (AvgIpc) is 2.96. The summed E-state index contributed by atoms with van der Waals surface area (Å²) in [6.45, 7) is 4.78. The SMILES string of the molecule is CCCNC(=O)C(Cc1ccccc1)N(Cc1ccccc1C)C(=O)CCCN(c1ccc(OC)c(Cl)c1)S(C)(=O)=O. The Morgan fingerprint density at radius 2 is 1.71 bits per heavy atom. The Hall–Kier alpha value is -3.56. The summed E-state index contributed by atoms with van der Waals surface area (Å²) in [7, 11) is -2.18. The van der Waals surface area contributed by atoms with Crippen LogP contribution in [0.3, 0.4) is 0 Å². The molecule has 0 spiro atoms. The fourth-order valence-corrected chi connectivity index (χ4v) is 5.91. The maximum absolute atomic E-state index is 13.9. The van der Waals surface area contributed by atoms with E-state index in [1.54, 1.807) is 17.0 Å². The van der Waals surface area contributed by atoms with Gasteiger partial charge in [0, 0.05) is 32.5 Å². The van der Waals surface area contributed by atoms with Gasteiger partial charge in [-0.15, -0.1) is 0 Å². The lowest BCUT2D eigenvalue weighted by Gasteiger charge is -2.32. The van der Waals surface area contributed by atoms with Gasteiger partial charge >= 0.3 is 0 Å². The van der Waals surface area contributed by atoms with Crippen LogP contribution in [0.25, 0.3) is 0 Å². The maximum Gasteiger partial charge on any atom is 0.243 e. The Balaban J connectivity index is 1.88. The molecule has 0 aliphatic rings. The zero-order chi connectivity index (χ0) is 30.7. The summed E-state index contributed by atoms with van der Waals surface area (Å²) in [5, 5.41) is 3.26. The van der Waals surface area contributed by atoms with Gasteiger partial charge in [-0.25, -0.2) is 8.42 Å². The largest absolute Gasteiger partial charge is 0.495 e. The predicted octanol–water partition coefficient (Wildman–Crippen LogP) is 5.37. The molecule has 1 N–H and O–H groups in total. The van der Waals surface area contributed by atoms with E-state index in [-0.39, 0.29) is 42.8 Å². The molecule has 0 radical (unpaired) electrons. The number of carbonyl (C=O) groups excluding carboxylic acids is 2. The summed E-state index contributed by atoms with van der Waals surface area (Å²) in [4.78, 5) is 29.0. The van der Waals surface area contributed by atoms with Crippen molar-refractivity contribution in [1.82, 2.24) is 10.2 Å². The molecule has 10 heteroatoms. The third kappa shape index (κ3) is 9.22. The van der Waals surface area contributed by atoms with E-state index in [1.807, 2.05) is 68.4 Å². The van der Waals surface area contributed by atoms with E-state index in [9.17, 15) is 18.0 Å². The second-order valence-electron chi connectivity index (χ2n) is 10.2. The van der Waals surface area contributed by atoms with E-state index in [1.165, 1.54) is 17.5 Å². The molecule has 1 atom stereocenters. The molecular formula is C32H40ClN3O5S. The van der Waals surface area contributed by atoms with Crippen molar-refractivity contribution in [3.05, 3.63) is 94.5 Å². The van der Waals surface area contributed by atoms with Gasteiger partial charge in [0.1, 0.15) is 11.8 Å². The van der Waals surface area contributed by atoms with Crippen LogP contribution in [0.2, 0.25) is 5.02 Å². The third-order valence-electron chi connectivity index (χ3n) is 7.00. The first-order chi connectivity index (χ1) is 20.0. The van der Waals surface area contributed by atoms with Crippen LogP contribution in [0.5, 0.6) is 5.75 Å². The van der Waals surface area contributed by atoms with Gasteiger partial charge in [0.25, 0.3) is 0 Å². The molecule has 0 saturated heterocycles. The van der Waals surface area contributed by atoms with E-state index in [0.717, 1.165) is 29.4 Å². The van der Waals surface area contributed by atoms with Crippen molar-refractivity contribution in [2.24, 2.45) is 0 Å².